The minimum Gasteiger partial charge on any atom is -0.378 e. The molecule has 1 atom stereocenters. The maximum absolute atomic E-state index is 13.2. The molecule has 23 heavy (non-hydrogen) atoms. The van der Waals surface area contributed by atoms with Gasteiger partial charge in [-0.15, -0.1) is 0 Å². The third-order valence-corrected chi connectivity index (χ3v) is 3.34. The quantitative estimate of drug-likeness (QED) is 0.877. The number of nitrogens with one attached hydrogen (secondary N) is 2. The van der Waals surface area contributed by atoms with Gasteiger partial charge in [0.25, 0.3) is 0 Å². The molecule has 8 heteroatoms. The van der Waals surface area contributed by atoms with Crippen molar-refractivity contribution in [2.45, 2.75) is 19.6 Å². The van der Waals surface area contributed by atoms with Gasteiger partial charge in [0.2, 0.25) is 0 Å². The Labute approximate surface area is 138 Å². The summed E-state index contributed by atoms with van der Waals surface area (Å²) >= 11 is 5.74. The van der Waals surface area contributed by atoms with Crippen molar-refractivity contribution >= 4 is 23.4 Å². The standard InChI is InChI=1S/C15H16ClFN4O2/c1-9(10-3-4-13(17)12(16)5-10)20-15(22)21-14-6-11(7-23-2)18-8-19-14/h3-6,8-9H,7H2,1-2H3,(H2,18,19,20,21,22). The minimum absolute atomic E-state index is 0.0107. The molecule has 0 aliphatic rings. The monoisotopic (exact) mass is 338 g/mol. The van der Waals surface area contributed by atoms with E-state index < -0.39 is 11.8 Å². The van der Waals surface area contributed by atoms with E-state index in [0.29, 0.717) is 23.7 Å². The van der Waals surface area contributed by atoms with Crippen molar-refractivity contribution in [2.75, 3.05) is 12.4 Å². The van der Waals surface area contributed by atoms with Crippen LogP contribution in [0.25, 0.3) is 0 Å². The highest BCUT2D eigenvalue weighted by Crippen LogP contribution is 2.20. The van der Waals surface area contributed by atoms with Gasteiger partial charge in [-0.1, -0.05) is 17.7 Å². The molecule has 0 aliphatic carbocycles. The fraction of sp³-hybridized carbons (Fsp3) is 0.267. The number of aromatic nitrogens is 2. The number of anilines is 1. The molecule has 0 fully saturated rings. The number of halogens is 2. The molecule has 0 radical (unpaired) electrons. The van der Waals surface area contributed by atoms with Crippen LogP contribution in [0.5, 0.6) is 0 Å². The third kappa shape index (κ3) is 4.87. The summed E-state index contributed by atoms with van der Waals surface area (Å²) in [6.45, 7) is 2.09. The van der Waals surface area contributed by atoms with E-state index in [9.17, 15) is 9.18 Å². The summed E-state index contributed by atoms with van der Waals surface area (Å²) in [5.41, 5.74) is 1.34. The number of rotatable bonds is 5. The largest absolute Gasteiger partial charge is 0.378 e. The number of carbonyl (C=O) groups excluding carboxylic acids is 1. The zero-order valence-electron chi connectivity index (χ0n) is 12.6. The minimum atomic E-state index is -0.501. The normalized spacial score (nSPS) is 11.8. The number of urea groups is 1. The van der Waals surface area contributed by atoms with Crippen LogP contribution in [0.1, 0.15) is 24.2 Å². The highest BCUT2D eigenvalue weighted by molar-refractivity contribution is 6.30. The lowest BCUT2D eigenvalue weighted by Crippen LogP contribution is -2.31. The highest BCUT2D eigenvalue weighted by atomic mass is 35.5. The van der Waals surface area contributed by atoms with E-state index in [1.807, 2.05) is 0 Å². The Morgan fingerprint density at radius 2 is 2.17 bits per heavy atom. The van der Waals surface area contributed by atoms with Gasteiger partial charge in [0.05, 0.1) is 23.4 Å². The first kappa shape index (κ1) is 17.1. The van der Waals surface area contributed by atoms with E-state index in [-0.39, 0.29) is 11.1 Å². The predicted molar refractivity (Wildman–Crippen MR) is 84.7 cm³/mol. The van der Waals surface area contributed by atoms with Gasteiger partial charge >= 0.3 is 6.03 Å². The fourth-order valence-electron chi connectivity index (χ4n) is 1.91. The molecule has 0 spiro atoms. The maximum Gasteiger partial charge on any atom is 0.320 e. The topological polar surface area (TPSA) is 76.1 Å². The molecule has 2 N–H and O–H groups in total. The second-order valence-electron chi connectivity index (χ2n) is 4.82. The molecule has 0 saturated heterocycles. The smallest absolute Gasteiger partial charge is 0.320 e. The van der Waals surface area contributed by atoms with Gasteiger partial charge in [-0.2, -0.15) is 0 Å². The number of ether oxygens (including phenoxy) is 1. The van der Waals surface area contributed by atoms with Gasteiger partial charge in [-0.25, -0.2) is 19.2 Å². The molecule has 2 rings (SSSR count). The summed E-state index contributed by atoms with van der Waals surface area (Å²) in [6, 6.07) is 5.11. The van der Waals surface area contributed by atoms with Crippen LogP contribution >= 0.6 is 11.6 Å². The molecular weight excluding hydrogens is 323 g/mol. The Hall–Kier alpha value is -2.25. The summed E-state index contributed by atoms with van der Waals surface area (Å²) < 4.78 is 18.1. The Morgan fingerprint density at radius 3 is 2.87 bits per heavy atom. The Bertz CT molecular complexity index is 699. The number of methoxy groups -OCH3 is 1. The van der Waals surface area contributed by atoms with E-state index in [2.05, 4.69) is 20.6 Å². The average Bonchev–Trinajstić information content (AvgIpc) is 2.50. The molecule has 1 heterocycles. The summed E-state index contributed by atoms with van der Waals surface area (Å²) in [5.74, 6) is -0.146. The second kappa shape index (κ2) is 7.85. The summed E-state index contributed by atoms with van der Waals surface area (Å²) in [4.78, 5) is 20.0. The summed E-state index contributed by atoms with van der Waals surface area (Å²) in [7, 11) is 1.55. The summed E-state index contributed by atoms with van der Waals surface area (Å²) in [5, 5.41) is 5.33. The fourth-order valence-corrected chi connectivity index (χ4v) is 2.10. The molecule has 1 aromatic heterocycles. The molecule has 1 unspecified atom stereocenters. The Kier molecular flexibility index (Phi) is 5.84. The van der Waals surface area contributed by atoms with Crippen LogP contribution in [0, 0.1) is 5.82 Å². The summed E-state index contributed by atoms with van der Waals surface area (Å²) in [6.07, 6.45) is 1.34. The van der Waals surface area contributed by atoms with Crippen molar-refractivity contribution in [2.24, 2.45) is 0 Å². The third-order valence-electron chi connectivity index (χ3n) is 3.05. The lowest BCUT2D eigenvalue weighted by atomic mass is 10.1. The van der Waals surface area contributed by atoms with E-state index in [1.54, 1.807) is 26.2 Å². The van der Waals surface area contributed by atoms with E-state index in [1.165, 1.54) is 18.5 Å². The zero-order chi connectivity index (χ0) is 16.8. The number of benzene rings is 1. The molecule has 1 aromatic carbocycles. The molecular formula is C15H16ClFN4O2. The van der Waals surface area contributed by atoms with Gasteiger partial charge in [0.15, 0.2) is 0 Å². The SMILES string of the molecule is COCc1cc(NC(=O)NC(C)c2ccc(F)c(Cl)c2)ncn1. The van der Waals surface area contributed by atoms with Crippen LogP contribution in [0.4, 0.5) is 15.0 Å². The van der Waals surface area contributed by atoms with E-state index >= 15 is 0 Å². The van der Waals surface area contributed by atoms with E-state index in [4.69, 9.17) is 16.3 Å². The molecule has 6 nitrogen and oxygen atoms in total. The average molecular weight is 339 g/mol. The molecule has 0 aliphatic heterocycles. The van der Waals surface area contributed by atoms with Crippen LogP contribution in [-0.2, 0) is 11.3 Å². The lowest BCUT2D eigenvalue weighted by Gasteiger charge is -2.15. The zero-order valence-corrected chi connectivity index (χ0v) is 13.4. The lowest BCUT2D eigenvalue weighted by molar-refractivity contribution is 0.181. The van der Waals surface area contributed by atoms with Crippen LogP contribution in [0.3, 0.4) is 0 Å². The highest BCUT2D eigenvalue weighted by Gasteiger charge is 2.12. The predicted octanol–water partition coefficient (Wildman–Crippen LogP) is 3.30. The Morgan fingerprint density at radius 1 is 1.39 bits per heavy atom. The maximum atomic E-state index is 13.2. The van der Waals surface area contributed by atoms with Gasteiger partial charge < -0.3 is 10.1 Å². The van der Waals surface area contributed by atoms with E-state index in [0.717, 1.165) is 0 Å². The molecule has 0 saturated carbocycles. The number of carbonyl (C=O) groups is 1. The van der Waals surface area contributed by atoms with Gasteiger partial charge in [0, 0.05) is 13.2 Å². The first-order chi connectivity index (χ1) is 11.0. The number of hydrogen-bond donors (Lipinski definition) is 2. The van der Waals surface area contributed by atoms with Gasteiger partial charge in [-0.3, -0.25) is 5.32 Å². The van der Waals surface area contributed by atoms with Gasteiger partial charge in [0.1, 0.15) is 18.0 Å². The van der Waals surface area contributed by atoms with Crippen LogP contribution in [-0.4, -0.2) is 23.1 Å². The first-order valence-corrected chi connectivity index (χ1v) is 7.19. The number of hydrogen-bond acceptors (Lipinski definition) is 4. The molecule has 122 valence electrons. The number of amides is 2. The van der Waals surface area contributed by atoms with Crippen molar-refractivity contribution in [1.82, 2.24) is 15.3 Å². The van der Waals surface area contributed by atoms with Crippen molar-refractivity contribution in [3.63, 3.8) is 0 Å². The molecule has 0 bridgehead atoms. The second-order valence-corrected chi connectivity index (χ2v) is 5.23. The van der Waals surface area contributed by atoms with Gasteiger partial charge in [-0.05, 0) is 24.6 Å². The molecule has 2 amide bonds. The van der Waals surface area contributed by atoms with Crippen molar-refractivity contribution in [3.8, 4) is 0 Å². The van der Waals surface area contributed by atoms with Crippen LogP contribution < -0.4 is 10.6 Å². The number of nitrogens with zero attached hydrogens (tertiary/aromatic N) is 2. The van der Waals surface area contributed by atoms with Crippen molar-refractivity contribution in [3.05, 3.63) is 52.7 Å². The first-order valence-electron chi connectivity index (χ1n) is 6.82. The van der Waals surface area contributed by atoms with Crippen LogP contribution in [0.15, 0.2) is 30.6 Å². The van der Waals surface area contributed by atoms with Crippen molar-refractivity contribution < 1.29 is 13.9 Å². The van der Waals surface area contributed by atoms with Crippen molar-refractivity contribution in [1.29, 1.82) is 0 Å². The molecule has 2 aromatic rings. The Balaban J connectivity index is 1.98. The van der Waals surface area contributed by atoms with Crippen LogP contribution in [0.2, 0.25) is 5.02 Å².